The van der Waals surface area contributed by atoms with Gasteiger partial charge in [-0.15, -0.1) is 0 Å². The molecule has 1 aromatic carbocycles. The van der Waals surface area contributed by atoms with Gasteiger partial charge >= 0.3 is 6.01 Å². The normalized spacial score (nSPS) is 13.5. The van der Waals surface area contributed by atoms with Gasteiger partial charge in [-0.3, -0.25) is 19.4 Å². The van der Waals surface area contributed by atoms with Gasteiger partial charge in [-0.2, -0.15) is 0 Å². The number of nitrogens with one attached hydrogen (secondary N) is 1. The van der Waals surface area contributed by atoms with E-state index in [-0.39, 0.29) is 30.6 Å². The third-order valence-electron chi connectivity index (χ3n) is 6.29. The third-order valence-corrected chi connectivity index (χ3v) is 6.29. The van der Waals surface area contributed by atoms with Crippen LogP contribution in [-0.4, -0.2) is 87.7 Å². The SMILES string of the molecule is COc1ncc(-c2ncc(OC)c3c(C(=O)C(=O)N4CCN(C(=O)c5ccccc5)CC4)c[nH]c23)cn1. The number of ether oxygens (including phenoxy) is 2. The number of pyridine rings is 1. The number of aromatic nitrogens is 4. The predicted octanol–water partition coefficient (Wildman–Crippen LogP) is 2.20. The van der Waals surface area contributed by atoms with Crippen LogP contribution in [0.25, 0.3) is 22.2 Å². The molecule has 5 rings (SSSR count). The van der Waals surface area contributed by atoms with Crippen LogP contribution in [0.1, 0.15) is 20.7 Å². The number of carbonyl (C=O) groups excluding carboxylic acids is 3. The van der Waals surface area contributed by atoms with Gasteiger partial charge in [0, 0.05) is 55.9 Å². The van der Waals surface area contributed by atoms with E-state index >= 15 is 0 Å². The molecule has 0 saturated carbocycles. The van der Waals surface area contributed by atoms with E-state index in [1.807, 2.05) is 18.2 Å². The standard InChI is InChI=1S/C26H24N6O5/c1-36-19-15-28-21(17-12-29-26(37-2)30-13-17)22-20(19)18(14-27-22)23(33)25(35)32-10-8-31(9-11-32)24(34)16-6-4-3-5-7-16/h3-7,12-15,27H,8-11H2,1-2H3. The molecule has 188 valence electrons. The van der Waals surface area contributed by atoms with Crippen LogP contribution >= 0.6 is 0 Å². The van der Waals surface area contributed by atoms with Crippen LogP contribution in [0.15, 0.2) is 55.1 Å². The molecule has 1 fully saturated rings. The molecule has 37 heavy (non-hydrogen) atoms. The fourth-order valence-electron chi connectivity index (χ4n) is 4.35. The van der Waals surface area contributed by atoms with E-state index in [9.17, 15) is 14.4 Å². The maximum Gasteiger partial charge on any atom is 0.316 e. The lowest BCUT2D eigenvalue weighted by Gasteiger charge is -2.34. The second kappa shape index (κ2) is 10.1. The second-order valence-corrected chi connectivity index (χ2v) is 8.37. The highest BCUT2D eigenvalue weighted by Crippen LogP contribution is 2.34. The van der Waals surface area contributed by atoms with Crippen molar-refractivity contribution in [3.05, 3.63) is 66.2 Å². The Kier molecular flexibility index (Phi) is 6.50. The van der Waals surface area contributed by atoms with Crippen LogP contribution in [0, 0.1) is 0 Å². The van der Waals surface area contributed by atoms with E-state index in [2.05, 4.69) is 19.9 Å². The summed E-state index contributed by atoms with van der Waals surface area (Å²) in [5, 5.41) is 0.444. The summed E-state index contributed by atoms with van der Waals surface area (Å²) >= 11 is 0. The molecular formula is C26H24N6O5. The summed E-state index contributed by atoms with van der Waals surface area (Å²) in [6.45, 7) is 1.21. The molecule has 0 bridgehead atoms. The van der Waals surface area contributed by atoms with E-state index in [1.54, 1.807) is 29.4 Å². The zero-order valence-electron chi connectivity index (χ0n) is 20.3. The highest BCUT2D eigenvalue weighted by Gasteiger charge is 2.31. The van der Waals surface area contributed by atoms with Crippen molar-refractivity contribution in [1.29, 1.82) is 0 Å². The highest BCUT2D eigenvalue weighted by atomic mass is 16.5. The van der Waals surface area contributed by atoms with Crippen molar-refractivity contribution in [2.75, 3.05) is 40.4 Å². The Hall–Kier alpha value is -4.80. The number of methoxy groups -OCH3 is 2. The van der Waals surface area contributed by atoms with Gasteiger partial charge in [-0.05, 0) is 12.1 Å². The number of hydrogen-bond donors (Lipinski definition) is 1. The number of piperazine rings is 1. The molecule has 0 atom stereocenters. The number of rotatable bonds is 6. The highest BCUT2D eigenvalue weighted by molar-refractivity contribution is 6.45. The van der Waals surface area contributed by atoms with Crippen LogP contribution in [-0.2, 0) is 4.79 Å². The van der Waals surface area contributed by atoms with Gasteiger partial charge < -0.3 is 24.3 Å². The summed E-state index contributed by atoms with van der Waals surface area (Å²) in [4.78, 5) is 58.1. The Morgan fingerprint density at radius 2 is 1.54 bits per heavy atom. The van der Waals surface area contributed by atoms with Crippen LogP contribution in [0.5, 0.6) is 11.8 Å². The number of carbonyl (C=O) groups is 3. The summed E-state index contributed by atoms with van der Waals surface area (Å²) in [6.07, 6.45) is 6.09. The van der Waals surface area contributed by atoms with Gasteiger partial charge in [0.1, 0.15) is 5.75 Å². The molecule has 1 N–H and O–H groups in total. The molecule has 3 aromatic heterocycles. The number of hydrogen-bond acceptors (Lipinski definition) is 8. The lowest BCUT2D eigenvalue weighted by Crippen LogP contribution is -2.52. The number of ketones is 1. The lowest BCUT2D eigenvalue weighted by molar-refractivity contribution is -0.127. The number of fused-ring (bicyclic) bond motifs is 1. The number of aromatic amines is 1. The Balaban J connectivity index is 1.37. The Bertz CT molecular complexity index is 1460. The fraction of sp³-hybridized carbons (Fsp3) is 0.231. The minimum Gasteiger partial charge on any atom is -0.494 e. The molecule has 0 aliphatic carbocycles. The first-order valence-electron chi connectivity index (χ1n) is 11.6. The molecule has 1 aliphatic heterocycles. The lowest BCUT2D eigenvalue weighted by atomic mass is 10.1. The van der Waals surface area contributed by atoms with Gasteiger partial charge in [-0.1, -0.05) is 18.2 Å². The number of benzene rings is 1. The largest absolute Gasteiger partial charge is 0.494 e. The first-order valence-corrected chi connectivity index (χ1v) is 11.6. The average molecular weight is 501 g/mol. The molecule has 2 amide bonds. The van der Waals surface area contributed by atoms with Crippen LogP contribution in [0.4, 0.5) is 0 Å². The molecular weight excluding hydrogens is 476 g/mol. The van der Waals surface area contributed by atoms with Gasteiger partial charge in [-0.25, -0.2) is 9.97 Å². The van der Waals surface area contributed by atoms with Gasteiger partial charge in [0.25, 0.3) is 17.6 Å². The second-order valence-electron chi connectivity index (χ2n) is 8.37. The van der Waals surface area contributed by atoms with E-state index in [0.717, 1.165) is 0 Å². The van der Waals surface area contributed by atoms with E-state index in [1.165, 1.54) is 31.5 Å². The minimum atomic E-state index is -0.671. The minimum absolute atomic E-state index is 0.0945. The van der Waals surface area contributed by atoms with Crippen molar-refractivity contribution in [2.45, 2.75) is 0 Å². The average Bonchev–Trinajstić information content (AvgIpc) is 3.41. The third kappa shape index (κ3) is 4.46. The summed E-state index contributed by atoms with van der Waals surface area (Å²) in [5.41, 5.74) is 2.38. The molecule has 11 nitrogen and oxygen atoms in total. The molecule has 11 heteroatoms. The van der Waals surface area contributed by atoms with Crippen molar-refractivity contribution in [2.24, 2.45) is 0 Å². The van der Waals surface area contributed by atoms with Gasteiger partial charge in [0.05, 0.1) is 42.6 Å². The van der Waals surface area contributed by atoms with Crippen LogP contribution in [0.2, 0.25) is 0 Å². The molecule has 0 unspecified atom stereocenters. The zero-order chi connectivity index (χ0) is 25.9. The van der Waals surface area contributed by atoms with Crippen LogP contribution < -0.4 is 9.47 Å². The predicted molar refractivity (Wildman–Crippen MR) is 133 cm³/mol. The summed E-state index contributed by atoms with van der Waals surface area (Å²) in [6, 6.07) is 9.20. The topological polar surface area (TPSA) is 131 Å². The summed E-state index contributed by atoms with van der Waals surface area (Å²) in [7, 11) is 2.94. The van der Waals surface area contributed by atoms with Crippen molar-refractivity contribution >= 4 is 28.5 Å². The van der Waals surface area contributed by atoms with Crippen molar-refractivity contribution < 1.29 is 23.9 Å². The Morgan fingerprint density at radius 3 is 2.19 bits per heavy atom. The first-order chi connectivity index (χ1) is 18.0. The van der Waals surface area contributed by atoms with E-state index in [0.29, 0.717) is 46.6 Å². The maximum atomic E-state index is 13.3. The first kappa shape index (κ1) is 23.9. The molecule has 4 heterocycles. The van der Waals surface area contributed by atoms with Crippen molar-refractivity contribution in [1.82, 2.24) is 29.7 Å². The quantitative estimate of drug-likeness (QED) is 0.315. The molecule has 1 aliphatic rings. The number of Topliss-reactive ketones (excluding diaryl/α,β-unsaturated/α-hetero) is 1. The summed E-state index contributed by atoms with van der Waals surface area (Å²) in [5.74, 6) is -1.05. The van der Waals surface area contributed by atoms with E-state index in [4.69, 9.17) is 9.47 Å². The molecule has 4 aromatic rings. The Labute approximate surface area is 212 Å². The number of H-pyrrole nitrogens is 1. The zero-order valence-corrected chi connectivity index (χ0v) is 20.3. The monoisotopic (exact) mass is 500 g/mol. The van der Waals surface area contributed by atoms with Gasteiger partial charge in [0.2, 0.25) is 0 Å². The van der Waals surface area contributed by atoms with Crippen molar-refractivity contribution in [3.63, 3.8) is 0 Å². The van der Waals surface area contributed by atoms with Gasteiger partial charge in [0.15, 0.2) is 0 Å². The molecule has 1 saturated heterocycles. The summed E-state index contributed by atoms with van der Waals surface area (Å²) < 4.78 is 10.5. The number of nitrogens with zero attached hydrogens (tertiary/aromatic N) is 5. The van der Waals surface area contributed by atoms with Crippen LogP contribution in [0.3, 0.4) is 0 Å². The molecule has 0 spiro atoms. The Morgan fingerprint density at radius 1 is 0.865 bits per heavy atom. The number of amides is 2. The van der Waals surface area contributed by atoms with E-state index < -0.39 is 11.7 Å². The maximum absolute atomic E-state index is 13.3. The smallest absolute Gasteiger partial charge is 0.316 e. The fourth-order valence-corrected chi connectivity index (χ4v) is 4.35. The molecule has 0 radical (unpaired) electrons. The van der Waals surface area contributed by atoms with Crippen molar-refractivity contribution in [3.8, 4) is 23.0 Å².